The van der Waals surface area contributed by atoms with E-state index in [0.29, 0.717) is 19.0 Å². The third-order valence-electron chi connectivity index (χ3n) is 6.82. The highest BCUT2D eigenvalue weighted by Crippen LogP contribution is 2.43. The van der Waals surface area contributed by atoms with Crippen molar-refractivity contribution in [3.63, 3.8) is 0 Å². The lowest BCUT2D eigenvalue weighted by Crippen LogP contribution is -2.41. The topological polar surface area (TPSA) is 44.8 Å². The smallest absolute Gasteiger partial charge is 0.308 e. The Balaban J connectivity index is 2.37. The number of esters is 1. The summed E-state index contributed by atoms with van der Waals surface area (Å²) in [4.78, 5) is 11.9. The summed E-state index contributed by atoms with van der Waals surface area (Å²) in [5.41, 5.74) is 3.82. The van der Waals surface area contributed by atoms with Gasteiger partial charge in [-0.05, 0) is 66.6 Å². The van der Waals surface area contributed by atoms with E-state index in [1.807, 2.05) is 31.2 Å². The fraction of sp³-hybridized carbons (Fsp3) is 0.536. The minimum atomic E-state index is -1.84. The molecule has 5 heteroatoms. The molecule has 182 valence electrons. The van der Waals surface area contributed by atoms with Gasteiger partial charge in [-0.25, -0.2) is 0 Å². The third-order valence-corrected chi connectivity index (χ3v) is 11.4. The summed E-state index contributed by atoms with van der Waals surface area (Å²) in [6.45, 7) is 22.3. The van der Waals surface area contributed by atoms with E-state index in [1.54, 1.807) is 0 Å². The minimum absolute atomic E-state index is 0.165. The molecule has 0 unspecified atom stereocenters. The number of carbonyl (C=O) groups excluding carboxylic acids is 1. The van der Waals surface area contributed by atoms with Gasteiger partial charge in [0.25, 0.3) is 0 Å². The first-order valence-corrected chi connectivity index (χ1v) is 14.7. The molecule has 0 atom stereocenters. The SMILES string of the molecule is CC(=O)Oc1cc(C)c(OCc2ccccc2)c(C)c1C(C)(C)CCO[Si](C)(C)C(C)(C)C. The van der Waals surface area contributed by atoms with Gasteiger partial charge in [-0.1, -0.05) is 65.0 Å². The van der Waals surface area contributed by atoms with Crippen molar-refractivity contribution >= 4 is 14.3 Å². The van der Waals surface area contributed by atoms with Crippen LogP contribution >= 0.6 is 0 Å². The number of ether oxygens (including phenoxy) is 2. The summed E-state index contributed by atoms with van der Waals surface area (Å²) in [7, 11) is -1.84. The molecule has 0 bridgehead atoms. The van der Waals surface area contributed by atoms with Crippen molar-refractivity contribution in [1.82, 2.24) is 0 Å². The van der Waals surface area contributed by atoms with Gasteiger partial charge in [0.15, 0.2) is 8.32 Å². The van der Waals surface area contributed by atoms with Gasteiger partial charge in [-0.3, -0.25) is 4.79 Å². The van der Waals surface area contributed by atoms with Crippen LogP contribution in [0.25, 0.3) is 0 Å². The quantitative estimate of drug-likeness (QED) is 0.216. The second kappa shape index (κ2) is 10.4. The predicted molar refractivity (Wildman–Crippen MR) is 139 cm³/mol. The Morgan fingerprint density at radius 2 is 1.61 bits per heavy atom. The maximum atomic E-state index is 11.9. The highest BCUT2D eigenvalue weighted by molar-refractivity contribution is 6.74. The van der Waals surface area contributed by atoms with E-state index in [-0.39, 0.29) is 16.4 Å². The molecule has 0 saturated carbocycles. The molecule has 0 spiro atoms. The van der Waals surface area contributed by atoms with Crippen LogP contribution in [0.4, 0.5) is 0 Å². The molecule has 0 amide bonds. The van der Waals surface area contributed by atoms with E-state index in [2.05, 4.69) is 66.8 Å². The van der Waals surface area contributed by atoms with Crippen LogP contribution in [0.3, 0.4) is 0 Å². The molecule has 0 aliphatic rings. The van der Waals surface area contributed by atoms with E-state index in [0.717, 1.165) is 34.4 Å². The van der Waals surface area contributed by atoms with Gasteiger partial charge in [0.1, 0.15) is 18.1 Å². The zero-order valence-electron chi connectivity index (χ0n) is 22.2. The maximum Gasteiger partial charge on any atom is 0.308 e. The zero-order chi connectivity index (χ0) is 25.0. The second-order valence-electron chi connectivity index (χ2n) is 11.1. The number of aryl methyl sites for hydroxylation is 1. The minimum Gasteiger partial charge on any atom is -0.488 e. The average molecular weight is 471 g/mol. The van der Waals surface area contributed by atoms with E-state index in [9.17, 15) is 4.79 Å². The van der Waals surface area contributed by atoms with Gasteiger partial charge < -0.3 is 13.9 Å². The molecule has 0 aliphatic heterocycles. The van der Waals surface area contributed by atoms with Crippen molar-refractivity contribution in [1.29, 1.82) is 0 Å². The van der Waals surface area contributed by atoms with Crippen LogP contribution in [0, 0.1) is 13.8 Å². The lowest BCUT2D eigenvalue weighted by atomic mass is 9.78. The number of benzene rings is 2. The molecule has 2 aromatic carbocycles. The fourth-order valence-electron chi connectivity index (χ4n) is 3.86. The van der Waals surface area contributed by atoms with Crippen LogP contribution in [0.1, 0.15) is 70.2 Å². The second-order valence-corrected chi connectivity index (χ2v) is 15.9. The molecule has 0 radical (unpaired) electrons. The standard InChI is InChI=1S/C28H42O4Si/c1-20-18-24(32-22(3)29)25(21(2)26(20)30-19-23-14-12-11-13-15-23)28(7,8)16-17-31-33(9,10)27(4,5)6/h11-15,18H,16-17,19H2,1-10H3. The summed E-state index contributed by atoms with van der Waals surface area (Å²) >= 11 is 0. The van der Waals surface area contributed by atoms with Crippen molar-refractivity contribution in [3.8, 4) is 11.5 Å². The van der Waals surface area contributed by atoms with Crippen LogP contribution < -0.4 is 9.47 Å². The number of hydrogen-bond donors (Lipinski definition) is 0. The van der Waals surface area contributed by atoms with Crippen molar-refractivity contribution in [3.05, 3.63) is 58.7 Å². The van der Waals surface area contributed by atoms with Gasteiger partial charge in [0, 0.05) is 19.1 Å². The van der Waals surface area contributed by atoms with Crippen molar-refractivity contribution in [2.75, 3.05) is 6.61 Å². The summed E-state index contributed by atoms with van der Waals surface area (Å²) in [6.07, 6.45) is 0.815. The third kappa shape index (κ3) is 6.94. The normalized spacial score (nSPS) is 12.5. The van der Waals surface area contributed by atoms with Gasteiger partial charge in [0.2, 0.25) is 0 Å². The molecular formula is C28H42O4Si. The Morgan fingerprint density at radius 1 is 1.00 bits per heavy atom. The largest absolute Gasteiger partial charge is 0.488 e. The first-order valence-electron chi connectivity index (χ1n) is 11.8. The summed E-state index contributed by atoms with van der Waals surface area (Å²) in [6, 6.07) is 12.1. The number of carbonyl (C=O) groups is 1. The van der Waals surface area contributed by atoms with Crippen LogP contribution in [0.5, 0.6) is 11.5 Å². The first-order chi connectivity index (χ1) is 15.2. The van der Waals surface area contributed by atoms with Gasteiger partial charge in [-0.2, -0.15) is 0 Å². The van der Waals surface area contributed by atoms with E-state index >= 15 is 0 Å². The molecule has 0 heterocycles. The Morgan fingerprint density at radius 3 is 2.15 bits per heavy atom. The predicted octanol–water partition coefficient (Wildman–Crippen LogP) is 7.50. The van der Waals surface area contributed by atoms with Crippen LogP contribution in [0.2, 0.25) is 18.1 Å². The zero-order valence-corrected chi connectivity index (χ0v) is 23.2. The monoisotopic (exact) mass is 470 g/mol. The molecule has 0 aliphatic carbocycles. The summed E-state index contributed by atoms with van der Waals surface area (Å²) in [5.74, 6) is 1.14. The molecule has 0 aromatic heterocycles. The Hall–Kier alpha value is -2.11. The number of hydrogen-bond acceptors (Lipinski definition) is 4. The molecule has 0 saturated heterocycles. The van der Waals surface area contributed by atoms with Crippen LogP contribution in [-0.4, -0.2) is 20.9 Å². The summed E-state index contributed by atoms with van der Waals surface area (Å²) < 4.78 is 18.4. The Labute approximate surface area is 201 Å². The van der Waals surface area contributed by atoms with E-state index in [4.69, 9.17) is 13.9 Å². The molecule has 0 fully saturated rings. The van der Waals surface area contributed by atoms with Crippen molar-refractivity contribution in [2.24, 2.45) is 0 Å². The number of rotatable bonds is 9. The molecule has 0 N–H and O–H groups in total. The van der Waals surface area contributed by atoms with Gasteiger partial charge in [-0.15, -0.1) is 0 Å². The highest BCUT2D eigenvalue weighted by atomic mass is 28.4. The average Bonchev–Trinajstić information content (AvgIpc) is 2.66. The lowest BCUT2D eigenvalue weighted by Gasteiger charge is -2.38. The highest BCUT2D eigenvalue weighted by Gasteiger charge is 2.38. The van der Waals surface area contributed by atoms with Gasteiger partial charge in [0.05, 0.1) is 0 Å². The van der Waals surface area contributed by atoms with Crippen LogP contribution in [0.15, 0.2) is 36.4 Å². The van der Waals surface area contributed by atoms with Gasteiger partial charge >= 0.3 is 5.97 Å². The Kier molecular flexibility index (Phi) is 8.58. The van der Waals surface area contributed by atoms with E-state index in [1.165, 1.54) is 6.92 Å². The first kappa shape index (κ1) is 27.1. The molecule has 4 nitrogen and oxygen atoms in total. The molecular weight excluding hydrogens is 428 g/mol. The van der Waals surface area contributed by atoms with Crippen molar-refractivity contribution in [2.45, 2.75) is 92.0 Å². The molecule has 2 aromatic rings. The van der Waals surface area contributed by atoms with E-state index < -0.39 is 8.32 Å². The lowest BCUT2D eigenvalue weighted by molar-refractivity contribution is -0.131. The maximum absolute atomic E-state index is 11.9. The molecule has 2 rings (SSSR count). The Bertz CT molecular complexity index is 956. The summed E-state index contributed by atoms with van der Waals surface area (Å²) in [5, 5.41) is 0.165. The van der Waals surface area contributed by atoms with Crippen molar-refractivity contribution < 1.29 is 18.7 Å². The van der Waals surface area contributed by atoms with Crippen LogP contribution in [-0.2, 0) is 21.2 Å². The fourth-order valence-corrected chi connectivity index (χ4v) is 4.90. The molecule has 33 heavy (non-hydrogen) atoms.